The number of fused-ring (bicyclic) bond motifs is 2. The topological polar surface area (TPSA) is 72.4 Å². The summed E-state index contributed by atoms with van der Waals surface area (Å²) >= 11 is 0. The van der Waals surface area contributed by atoms with Gasteiger partial charge < -0.3 is 9.64 Å². The number of aromatic nitrogens is 2. The van der Waals surface area contributed by atoms with E-state index < -0.39 is 5.97 Å². The van der Waals surface area contributed by atoms with Crippen LogP contribution in [0.5, 0.6) is 0 Å². The van der Waals surface area contributed by atoms with E-state index >= 15 is 0 Å². The van der Waals surface area contributed by atoms with Crippen LogP contribution in [-0.4, -0.2) is 35.4 Å². The van der Waals surface area contributed by atoms with E-state index in [-0.39, 0.29) is 17.8 Å². The molecule has 31 heavy (non-hydrogen) atoms. The second-order valence-electron chi connectivity index (χ2n) is 7.92. The molecular weight excluding hydrogens is 390 g/mol. The lowest BCUT2D eigenvalue weighted by molar-refractivity contribution is -0.141. The van der Waals surface area contributed by atoms with Gasteiger partial charge in [0.1, 0.15) is 0 Å². The van der Waals surface area contributed by atoms with Gasteiger partial charge in [0.2, 0.25) is 0 Å². The van der Waals surface area contributed by atoms with Crippen molar-refractivity contribution in [3.05, 3.63) is 83.8 Å². The summed E-state index contributed by atoms with van der Waals surface area (Å²) in [5.74, 6) is -0.876. The predicted molar refractivity (Wildman–Crippen MR) is 120 cm³/mol. The molecule has 0 atom stereocenters. The van der Waals surface area contributed by atoms with Gasteiger partial charge in [-0.1, -0.05) is 44.2 Å². The molecule has 0 unspecified atom stereocenters. The van der Waals surface area contributed by atoms with Gasteiger partial charge in [0, 0.05) is 36.0 Å². The lowest BCUT2D eigenvalue weighted by Gasteiger charge is -2.23. The summed E-state index contributed by atoms with van der Waals surface area (Å²) in [6.07, 6.45) is 5.92. The molecule has 0 radical (unpaired) electrons. The summed E-state index contributed by atoms with van der Waals surface area (Å²) in [7, 11) is 1.94. The van der Waals surface area contributed by atoms with Gasteiger partial charge in [0.15, 0.2) is 12.4 Å². The molecule has 0 fully saturated rings. The maximum Gasteiger partial charge on any atom is 0.331 e. The van der Waals surface area contributed by atoms with Crippen LogP contribution in [0.15, 0.2) is 72.6 Å². The third kappa shape index (κ3) is 4.10. The fourth-order valence-electron chi connectivity index (χ4n) is 3.85. The number of hydrogen-bond acceptors (Lipinski definition) is 6. The average Bonchev–Trinajstić information content (AvgIpc) is 2.97. The summed E-state index contributed by atoms with van der Waals surface area (Å²) in [6.45, 7) is 3.83. The monoisotopic (exact) mass is 413 g/mol. The minimum atomic E-state index is -0.607. The Morgan fingerprint density at radius 2 is 1.77 bits per heavy atom. The number of ether oxygens (including phenoxy) is 1. The van der Waals surface area contributed by atoms with Crippen molar-refractivity contribution in [2.75, 3.05) is 18.6 Å². The SMILES string of the molecule is CN1/C(=C\C(=O)COC(=O)/C=C\c2cnc3ccccc3n2)C(C)(C)c2ccccc21. The van der Waals surface area contributed by atoms with Gasteiger partial charge in [-0.05, 0) is 29.8 Å². The van der Waals surface area contributed by atoms with Gasteiger partial charge in [0.25, 0.3) is 0 Å². The summed E-state index contributed by atoms with van der Waals surface area (Å²) in [5, 5.41) is 0. The first-order valence-electron chi connectivity index (χ1n) is 10.0. The highest BCUT2D eigenvalue weighted by molar-refractivity contribution is 5.96. The Bertz CT molecular complexity index is 1230. The van der Waals surface area contributed by atoms with E-state index in [0.29, 0.717) is 5.69 Å². The van der Waals surface area contributed by atoms with Crippen LogP contribution in [0, 0.1) is 0 Å². The summed E-state index contributed by atoms with van der Waals surface area (Å²) in [5.41, 5.74) is 4.86. The molecular formula is C25H23N3O3. The van der Waals surface area contributed by atoms with Crippen LogP contribution < -0.4 is 4.90 Å². The normalized spacial score (nSPS) is 16.1. The molecule has 1 aliphatic rings. The molecule has 156 valence electrons. The average molecular weight is 413 g/mol. The molecule has 1 aliphatic heterocycles. The van der Waals surface area contributed by atoms with Crippen LogP contribution in [0.4, 0.5) is 5.69 Å². The van der Waals surface area contributed by atoms with Crippen molar-refractivity contribution in [3.63, 3.8) is 0 Å². The number of benzene rings is 2. The van der Waals surface area contributed by atoms with Crippen molar-refractivity contribution in [2.24, 2.45) is 0 Å². The van der Waals surface area contributed by atoms with E-state index in [1.807, 2.05) is 54.4 Å². The third-order valence-electron chi connectivity index (χ3n) is 5.45. The van der Waals surface area contributed by atoms with E-state index in [9.17, 15) is 9.59 Å². The molecule has 0 saturated carbocycles. The number of anilines is 1. The first-order chi connectivity index (χ1) is 14.9. The number of carbonyl (C=O) groups excluding carboxylic acids is 2. The first-order valence-corrected chi connectivity index (χ1v) is 10.0. The van der Waals surface area contributed by atoms with Gasteiger partial charge in [-0.3, -0.25) is 9.78 Å². The molecule has 0 N–H and O–H groups in total. The van der Waals surface area contributed by atoms with E-state index in [1.54, 1.807) is 12.3 Å². The maximum absolute atomic E-state index is 12.5. The number of hydrogen-bond donors (Lipinski definition) is 0. The van der Waals surface area contributed by atoms with Crippen molar-refractivity contribution < 1.29 is 14.3 Å². The molecule has 0 saturated heterocycles. The Labute approximate surface area is 180 Å². The van der Waals surface area contributed by atoms with Gasteiger partial charge in [-0.25, -0.2) is 9.78 Å². The molecule has 0 aliphatic carbocycles. The zero-order chi connectivity index (χ0) is 22.0. The number of nitrogens with zero attached hydrogens (tertiary/aromatic N) is 3. The highest BCUT2D eigenvalue weighted by Crippen LogP contribution is 2.46. The third-order valence-corrected chi connectivity index (χ3v) is 5.45. The van der Waals surface area contributed by atoms with Crippen molar-refractivity contribution >= 4 is 34.5 Å². The second kappa shape index (κ2) is 8.14. The minimum absolute atomic E-state index is 0.269. The highest BCUT2D eigenvalue weighted by atomic mass is 16.5. The zero-order valence-corrected chi connectivity index (χ0v) is 17.7. The Hall–Kier alpha value is -3.80. The molecule has 1 aromatic heterocycles. The first kappa shape index (κ1) is 20.5. The van der Waals surface area contributed by atoms with Gasteiger partial charge >= 0.3 is 5.97 Å². The molecule has 0 amide bonds. The fourth-order valence-corrected chi connectivity index (χ4v) is 3.85. The van der Waals surface area contributed by atoms with E-state index in [4.69, 9.17) is 4.74 Å². The molecule has 2 aromatic carbocycles. The van der Waals surface area contributed by atoms with Crippen LogP contribution in [0.25, 0.3) is 17.1 Å². The molecule has 6 heteroatoms. The fraction of sp³-hybridized carbons (Fsp3) is 0.200. The Balaban J connectivity index is 1.39. The Morgan fingerprint density at radius 1 is 1.06 bits per heavy atom. The van der Waals surface area contributed by atoms with Crippen molar-refractivity contribution in [2.45, 2.75) is 19.3 Å². The summed E-state index contributed by atoms with van der Waals surface area (Å²) < 4.78 is 5.12. The van der Waals surface area contributed by atoms with Crippen LogP contribution in [-0.2, 0) is 19.7 Å². The Kier molecular flexibility index (Phi) is 5.38. The number of carbonyl (C=O) groups is 2. The van der Waals surface area contributed by atoms with Crippen LogP contribution in [0.2, 0.25) is 0 Å². The summed E-state index contributed by atoms with van der Waals surface area (Å²) in [4.78, 5) is 35.3. The molecule has 0 spiro atoms. The number of allylic oxidation sites excluding steroid dienone is 1. The molecule has 2 heterocycles. The van der Waals surface area contributed by atoms with Crippen LogP contribution >= 0.6 is 0 Å². The number of para-hydroxylation sites is 3. The number of likely N-dealkylation sites (N-methyl/N-ethyl adjacent to an activating group) is 1. The van der Waals surface area contributed by atoms with Gasteiger partial charge in [-0.2, -0.15) is 0 Å². The number of rotatable bonds is 5. The number of ketones is 1. The molecule has 3 aromatic rings. The Morgan fingerprint density at radius 3 is 2.55 bits per heavy atom. The smallest absolute Gasteiger partial charge is 0.331 e. The van der Waals surface area contributed by atoms with Crippen molar-refractivity contribution in [3.8, 4) is 0 Å². The van der Waals surface area contributed by atoms with E-state index in [0.717, 1.165) is 28.0 Å². The zero-order valence-electron chi connectivity index (χ0n) is 17.7. The largest absolute Gasteiger partial charge is 0.454 e. The van der Waals surface area contributed by atoms with Crippen molar-refractivity contribution in [1.82, 2.24) is 9.97 Å². The van der Waals surface area contributed by atoms with E-state index in [1.165, 1.54) is 12.2 Å². The maximum atomic E-state index is 12.5. The standard InChI is InChI=1S/C25H23N3O3/c1-25(2)19-8-4-7-11-22(19)28(3)23(25)14-18(29)16-31-24(30)13-12-17-15-26-20-9-5-6-10-21(20)27-17/h4-15H,16H2,1-3H3/b13-12-,23-14-. The van der Waals surface area contributed by atoms with Crippen molar-refractivity contribution in [1.29, 1.82) is 0 Å². The second-order valence-corrected chi connectivity index (χ2v) is 7.92. The van der Waals surface area contributed by atoms with E-state index in [2.05, 4.69) is 29.9 Å². The number of esters is 1. The van der Waals surface area contributed by atoms with Crippen LogP contribution in [0.1, 0.15) is 25.1 Å². The van der Waals surface area contributed by atoms with Crippen LogP contribution in [0.3, 0.4) is 0 Å². The highest BCUT2D eigenvalue weighted by Gasteiger charge is 2.38. The quantitative estimate of drug-likeness (QED) is 0.464. The molecule has 6 nitrogen and oxygen atoms in total. The molecule has 0 bridgehead atoms. The van der Waals surface area contributed by atoms with Gasteiger partial charge in [-0.15, -0.1) is 0 Å². The predicted octanol–water partition coefficient (Wildman–Crippen LogP) is 4.07. The minimum Gasteiger partial charge on any atom is -0.454 e. The lowest BCUT2D eigenvalue weighted by Crippen LogP contribution is -2.25. The lowest BCUT2D eigenvalue weighted by atomic mass is 9.83. The van der Waals surface area contributed by atoms with Gasteiger partial charge in [0.05, 0.1) is 22.9 Å². The summed E-state index contributed by atoms with van der Waals surface area (Å²) in [6, 6.07) is 15.5. The molecule has 4 rings (SSSR count).